The lowest BCUT2D eigenvalue weighted by Gasteiger charge is -2.16. The van der Waals surface area contributed by atoms with Crippen LogP contribution in [-0.4, -0.2) is 69.9 Å². The van der Waals surface area contributed by atoms with Gasteiger partial charge in [-0.15, -0.1) is 11.6 Å². The van der Waals surface area contributed by atoms with Gasteiger partial charge in [0.25, 0.3) is 5.69 Å². The van der Waals surface area contributed by atoms with E-state index >= 15 is 0 Å². The highest BCUT2D eigenvalue weighted by Gasteiger charge is 2.37. The number of hydrogen-bond acceptors (Lipinski definition) is 10. The van der Waals surface area contributed by atoms with Crippen molar-refractivity contribution in [2.45, 2.75) is 11.8 Å². The summed E-state index contributed by atoms with van der Waals surface area (Å²) in [7, 11) is -5.30. The van der Waals surface area contributed by atoms with Crippen molar-refractivity contribution in [3.8, 4) is 0 Å². The van der Waals surface area contributed by atoms with E-state index in [1.54, 1.807) is 0 Å². The molecule has 0 aromatic heterocycles. The van der Waals surface area contributed by atoms with Crippen LogP contribution in [0.2, 0.25) is 0 Å². The molecule has 0 fully saturated rings. The third kappa shape index (κ3) is 7.65. The second-order valence-electron chi connectivity index (χ2n) is 4.91. The largest absolute Gasteiger partial charge is 0.395 e. The van der Waals surface area contributed by atoms with E-state index < -0.39 is 46.8 Å². The van der Waals surface area contributed by atoms with Crippen molar-refractivity contribution in [3.05, 3.63) is 42.5 Å². The van der Waals surface area contributed by atoms with Gasteiger partial charge < -0.3 is 10.0 Å². The number of halogens is 1. The molecular weight excluding hydrogens is 428 g/mol. The van der Waals surface area contributed by atoms with E-state index in [0.29, 0.717) is 5.88 Å². The maximum absolute atomic E-state index is 10.9. The number of aliphatic hydroxyl groups is 1. The average Bonchev–Trinajstić information content (AvgIpc) is 2.59. The summed E-state index contributed by atoms with van der Waals surface area (Å²) in [6, 6.07) is 0.409. The number of benzene rings is 1. The van der Waals surface area contributed by atoms with Crippen LogP contribution in [0.25, 0.3) is 0 Å². The van der Waals surface area contributed by atoms with Crippen LogP contribution in [0.4, 0.5) is 17.1 Å². The van der Waals surface area contributed by atoms with E-state index in [4.69, 9.17) is 21.3 Å². The molecule has 16 heteroatoms. The van der Waals surface area contributed by atoms with Crippen LogP contribution in [0.15, 0.2) is 17.0 Å². The van der Waals surface area contributed by atoms with Crippen molar-refractivity contribution in [2.24, 2.45) is 0 Å². The number of nitrogens with zero attached hydrogens (tertiary/aromatic N) is 4. The molecular formula is C12H17ClN4O10S. The predicted molar refractivity (Wildman–Crippen MR) is 96.1 cm³/mol. The number of aliphatic hydroxyl groups excluding tert-OH is 1. The molecule has 14 nitrogen and oxygen atoms in total. The second-order valence-corrected chi connectivity index (χ2v) is 6.64. The van der Waals surface area contributed by atoms with Crippen LogP contribution in [-0.2, 0) is 10.1 Å². The van der Waals surface area contributed by atoms with Crippen molar-refractivity contribution in [2.75, 3.05) is 32.1 Å². The Kier molecular flexibility index (Phi) is 10.4. The molecule has 0 radical (unpaired) electrons. The molecule has 1 aromatic rings. The van der Waals surface area contributed by atoms with Crippen LogP contribution in [0.1, 0.15) is 6.92 Å². The van der Waals surface area contributed by atoms with Gasteiger partial charge in [0.1, 0.15) is 0 Å². The van der Waals surface area contributed by atoms with Crippen LogP contribution in [0.3, 0.4) is 0 Å². The Morgan fingerprint density at radius 3 is 1.75 bits per heavy atom. The van der Waals surface area contributed by atoms with Crippen molar-refractivity contribution in [3.63, 3.8) is 0 Å². The number of nitro groups is 3. The van der Waals surface area contributed by atoms with Crippen LogP contribution in [0.5, 0.6) is 0 Å². The zero-order valence-electron chi connectivity index (χ0n) is 14.4. The lowest BCUT2D eigenvalue weighted by atomic mass is 10.2. The maximum atomic E-state index is 10.9. The Hall–Kier alpha value is -2.46. The Morgan fingerprint density at radius 2 is 1.50 bits per heavy atom. The minimum absolute atomic E-state index is 0.204. The molecule has 0 atom stereocenters. The number of rotatable bonds is 9. The third-order valence-corrected chi connectivity index (χ3v) is 4.26. The summed E-state index contributed by atoms with van der Waals surface area (Å²) in [6.45, 7) is 4.86. The van der Waals surface area contributed by atoms with E-state index in [0.717, 1.165) is 19.6 Å². The fourth-order valence-corrected chi connectivity index (χ4v) is 2.95. The smallest absolute Gasteiger partial charge is 0.308 e. The standard InChI is InChI=1S/C6H14ClNO.C6H3N3O9S/c1-2-8(4-3-7)5-6-9;10-7(11)3-1-4(8(12)13)6(19(16,17)18)5(2-3)9(14)15/h9H,2-6H2,1H3;1-2H,(H,16,17,18). The molecule has 1 rings (SSSR count). The molecule has 0 aliphatic heterocycles. The molecule has 0 aliphatic rings. The normalized spacial score (nSPS) is 10.9. The van der Waals surface area contributed by atoms with Gasteiger partial charge >= 0.3 is 21.5 Å². The van der Waals surface area contributed by atoms with Gasteiger partial charge in [0.05, 0.1) is 33.5 Å². The summed E-state index contributed by atoms with van der Waals surface area (Å²) in [5.74, 6) is 0.647. The summed E-state index contributed by atoms with van der Waals surface area (Å²) in [4.78, 5) is 28.2. The van der Waals surface area contributed by atoms with Gasteiger partial charge in [-0.3, -0.25) is 34.9 Å². The van der Waals surface area contributed by atoms with Crippen molar-refractivity contribution >= 4 is 38.8 Å². The maximum Gasteiger partial charge on any atom is 0.308 e. The van der Waals surface area contributed by atoms with Crippen LogP contribution < -0.4 is 0 Å². The fourth-order valence-electron chi connectivity index (χ4n) is 1.91. The first-order chi connectivity index (χ1) is 12.9. The van der Waals surface area contributed by atoms with Crippen molar-refractivity contribution in [1.82, 2.24) is 4.90 Å². The summed E-state index contributed by atoms with van der Waals surface area (Å²) in [5, 5.41) is 40.2. The zero-order chi connectivity index (χ0) is 22.1. The van der Waals surface area contributed by atoms with Gasteiger partial charge in [-0.25, -0.2) is 0 Å². The highest BCUT2D eigenvalue weighted by atomic mass is 35.5. The molecule has 0 spiro atoms. The first-order valence-electron chi connectivity index (χ1n) is 7.38. The molecule has 0 saturated heterocycles. The predicted octanol–water partition coefficient (Wildman–Crippen LogP) is 1.20. The minimum Gasteiger partial charge on any atom is -0.395 e. The van der Waals surface area contributed by atoms with Gasteiger partial charge in [-0.1, -0.05) is 6.92 Å². The molecule has 0 saturated carbocycles. The molecule has 2 N–H and O–H groups in total. The summed E-state index contributed by atoms with van der Waals surface area (Å²) >= 11 is 5.49. The number of nitro benzene ring substituents is 3. The first kappa shape index (κ1) is 25.5. The molecule has 0 aliphatic carbocycles. The SMILES string of the molecule is CCN(CCO)CCCl.O=[N+]([O-])c1cc([N+](=O)[O-])c(S(=O)(=O)O)c([N+](=O)[O-])c1. The van der Waals surface area contributed by atoms with Crippen LogP contribution in [0, 0.1) is 30.3 Å². The Balaban J connectivity index is 0.000000684. The second kappa shape index (κ2) is 11.4. The molecule has 158 valence electrons. The quantitative estimate of drug-likeness (QED) is 0.239. The lowest BCUT2D eigenvalue weighted by molar-refractivity contribution is -0.407. The highest BCUT2D eigenvalue weighted by molar-refractivity contribution is 7.86. The number of likely N-dealkylation sites (N-methyl/N-ethyl adjacent to an activating group) is 1. The van der Waals surface area contributed by atoms with E-state index in [2.05, 4.69) is 11.8 Å². The van der Waals surface area contributed by atoms with Crippen molar-refractivity contribution < 1.29 is 32.8 Å². The van der Waals surface area contributed by atoms with Crippen LogP contribution >= 0.6 is 11.6 Å². The van der Waals surface area contributed by atoms with E-state index in [1.165, 1.54) is 0 Å². The van der Waals surface area contributed by atoms with Gasteiger partial charge in [0.2, 0.25) is 4.90 Å². The monoisotopic (exact) mass is 444 g/mol. The van der Waals surface area contributed by atoms with Gasteiger partial charge in [-0.2, -0.15) is 8.42 Å². The fraction of sp³-hybridized carbons (Fsp3) is 0.500. The molecule has 0 bridgehead atoms. The topological polar surface area (TPSA) is 207 Å². The number of alkyl halides is 1. The Morgan fingerprint density at radius 1 is 1.04 bits per heavy atom. The van der Waals surface area contributed by atoms with E-state index in [-0.39, 0.29) is 18.7 Å². The number of non-ortho nitro benzene ring substituents is 1. The Bertz CT molecular complexity index is 791. The van der Waals surface area contributed by atoms with E-state index in [1.807, 2.05) is 0 Å². The first-order valence-corrected chi connectivity index (χ1v) is 9.35. The highest BCUT2D eigenvalue weighted by Crippen LogP contribution is 2.36. The van der Waals surface area contributed by atoms with Gasteiger partial charge in [0.15, 0.2) is 0 Å². The van der Waals surface area contributed by atoms with E-state index in [9.17, 15) is 38.8 Å². The van der Waals surface area contributed by atoms with Gasteiger partial charge in [0, 0.05) is 19.0 Å². The number of hydrogen-bond donors (Lipinski definition) is 2. The molecule has 28 heavy (non-hydrogen) atoms. The molecule has 0 heterocycles. The summed E-state index contributed by atoms with van der Waals surface area (Å²) in [6.07, 6.45) is 0. The lowest BCUT2D eigenvalue weighted by Crippen LogP contribution is -2.28. The van der Waals surface area contributed by atoms with Gasteiger partial charge in [-0.05, 0) is 6.54 Å². The average molecular weight is 445 g/mol. The van der Waals surface area contributed by atoms with Crippen molar-refractivity contribution in [1.29, 1.82) is 0 Å². The molecule has 0 unspecified atom stereocenters. The molecule has 1 aromatic carbocycles. The minimum atomic E-state index is -5.30. The summed E-state index contributed by atoms with van der Waals surface area (Å²) < 4.78 is 30.7. The zero-order valence-corrected chi connectivity index (χ0v) is 16.0. The molecule has 0 amide bonds. The Labute approximate surface area is 163 Å². The third-order valence-electron chi connectivity index (χ3n) is 3.16. The summed E-state index contributed by atoms with van der Waals surface area (Å²) in [5.41, 5.74) is -3.96.